The van der Waals surface area contributed by atoms with Crippen LogP contribution < -0.4 is 5.43 Å². The standard InChI is InChI=1S/C22H17NO/c24-22-18-12-4-6-14-20(18)23(21-15-7-5-13-19(21)22)16-8-11-17-9-2-1-3-10-17/h1-15H,16H2. The molecule has 0 unspecified atom stereocenters. The largest absolute Gasteiger partial charge is 0.336 e. The Hall–Kier alpha value is -3.13. The quantitative estimate of drug-likeness (QED) is 0.495. The lowest BCUT2D eigenvalue weighted by Gasteiger charge is -2.13. The summed E-state index contributed by atoms with van der Waals surface area (Å²) in [5.74, 6) is 0. The van der Waals surface area contributed by atoms with Gasteiger partial charge < -0.3 is 4.57 Å². The first-order valence-electron chi connectivity index (χ1n) is 8.06. The van der Waals surface area contributed by atoms with E-state index in [2.05, 4.69) is 28.9 Å². The number of fused-ring (bicyclic) bond motifs is 2. The van der Waals surface area contributed by atoms with Gasteiger partial charge in [-0.1, -0.05) is 66.7 Å². The van der Waals surface area contributed by atoms with E-state index in [1.807, 2.05) is 66.7 Å². The predicted molar refractivity (Wildman–Crippen MR) is 101 cm³/mol. The molecule has 3 aromatic carbocycles. The van der Waals surface area contributed by atoms with E-state index in [1.54, 1.807) is 0 Å². The molecule has 0 radical (unpaired) electrons. The van der Waals surface area contributed by atoms with Crippen molar-refractivity contribution in [1.29, 1.82) is 0 Å². The van der Waals surface area contributed by atoms with Gasteiger partial charge in [0.1, 0.15) is 0 Å². The van der Waals surface area contributed by atoms with Crippen molar-refractivity contribution < 1.29 is 0 Å². The van der Waals surface area contributed by atoms with E-state index in [0.717, 1.165) is 28.4 Å². The molecule has 0 amide bonds. The Morgan fingerprint density at radius 2 is 1.25 bits per heavy atom. The number of benzene rings is 3. The van der Waals surface area contributed by atoms with Gasteiger partial charge in [-0.3, -0.25) is 4.79 Å². The van der Waals surface area contributed by atoms with Gasteiger partial charge in [0.05, 0.1) is 11.0 Å². The lowest BCUT2D eigenvalue weighted by atomic mass is 10.1. The van der Waals surface area contributed by atoms with Gasteiger partial charge in [-0.25, -0.2) is 0 Å². The molecule has 0 aliphatic heterocycles. The van der Waals surface area contributed by atoms with Crippen LogP contribution in [0.1, 0.15) is 5.56 Å². The van der Waals surface area contributed by atoms with Crippen molar-refractivity contribution in [2.24, 2.45) is 0 Å². The van der Waals surface area contributed by atoms with E-state index in [4.69, 9.17) is 0 Å². The molecule has 4 aromatic rings. The molecule has 0 aliphatic rings. The maximum Gasteiger partial charge on any atom is 0.197 e. The zero-order valence-corrected chi connectivity index (χ0v) is 13.2. The molecule has 0 aliphatic carbocycles. The maximum absolute atomic E-state index is 12.7. The van der Waals surface area contributed by atoms with Gasteiger partial charge in [0.25, 0.3) is 0 Å². The number of hydrogen-bond acceptors (Lipinski definition) is 1. The highest BCUT2D eigenvalue weighted by atomic mass is 16.1. The number of para-hydroxylation sites is 2. The highest BCUT2D eigenvalue weighted by Gasteiger charge is 2.08. The average Bonchev–Trinajstić information content (AvgIpc) is 2.65. The fourth-order valence-electron chi connectivity index (χ4n) is 3.13. The smallest absolute Gasteiger partial charge is 0.197 e. The number of allylic oxidation sites excluding steroid dienone is 1. The van der Waals surface area contributed by atoms with Gasteiger partial charge in [-0.15, -0.1) is 0 Å². The van der Waals surface area contributed by atoms with Crippen molar-refractivity contribution >= 4 is 27.9 Å². The Balaban J connectivity index is 1.88. The van der Waals surface area contributed by atoms with E-state index < -0.39 is 0 Å². The molecule has 4 rings (SSSR count). The lowest BCUT2D eigenvalue weighted by molar-refractivity contribution is 0.894. The van der Waals surface area contributed by atoms with Gasteiger partial charge in [0.15, 0.2) is 5.43 Å². The second kappa shape index (κ2) is 6.17. The van der Waals surface area contributed by atoms with Crippen molar-refractivity contribution in [2.45, 2.75) is 6.54 Å². The minimum atomic E-state index is 0.101. The fourth-order valence-corrected chi connectivity index (χ4v) is 3.13. The van der Waals surface area contributed by atoms with Crippen LogP contribution in [-0.4, -0.2) is 4.57 Å². The molecule has 1 aromatic heterocycles. The zero-order chi connectivity index (χ0) is 16.4. The van der Waals surface area contributed by atoms with E-state index in [1.165, 1.54) is 5.56 Å². The van der Waals surface area contributed by atoms with Crippen molar-refractivity contribution in [1.82, 2.24) is 4.57 Å². The molecule has 0 spiro atoms. The molecule has 0 N–H and O–H groups in total. The molecule has 116 valence electrons. The van der Waals surface area contributed by atoms with E-state index >= 15 is 0 Å². The molecular formula is C22H17NO. The van der Waals surface area contributed by atoms with Crippen LogP contribution in [0.5, 0.6) is 0 Å². The number of hydrogen-bond donors (Lipinski definition) is 0. The van der Waals surface area contributed by atoms with Gasteiger partial charge in [-0.05, 0) is 29.8 Å². The zero-order valence-electron chi connectivity index (χ0n) is 13.2. The third kappa shape index (κ3) is 2.52. The summed E-state index contributed by atoms with van der Waals surface area (Å²) in [7, 11) is 0. The molecule has 0 atom stereocenters. The third-order valence-corrected chi connectivity index (χ3v) is 4.28. The van der Waals surface area contributed by atoms with Crippen molar-refractivity contribution in [3.63, 3.8) is 0 Å². The van der Waals surface area contributed by atoms with Crippen LogP contribution in [0.15, 0.2) is 89.7 Å². The first kappa shape index (κ1) is 14.5. The van der Waals surface area contributed by atoms with Crippen LogP contribution in [0.2, 0.25) is 0 Å². The lowest BCUT2D eigenvalue weighted by Crippen LogP contribution is -2.10. The summed E-state index contributed by atoms with van der Waals surface area (Å²) in [6.07, 6.45) is 4.25. The molecule has 1 heterocycles. The van der Waals surface area contributed by atoms with Gasteiger partial charge in [-0.2, -0.15) is 0 Å². The second-order valence-corrected chi connectivity index (χ2v) is 5.79. The number of rotatable bonds is 3. The highest BCUT2D eigenvalue weighted by Crippen LogP contribution is 2.19. The average molecular weight is 311 g/mol. The molecule has 2 nitrogen and oxygen atoms in total. The summed E-state index contributed by atoms with van der Waals surface area (Å²) >= 11 is 0. The molecule has 0 saturated carbocycles. The van der Waals surface area contributed by atoms with E-state index in [0.29, 0.717) is 0 Å². The number of nitrogens with zero attached hydrogens (tertiary/aromatic N) is 1. The Morgan fingerprint density at radius 3 is 1.88 bits per heavy atom. The fraction of sp³-hybridized carbons (Fsp3) is 0.0455. The van der Waals surface area contributed by atoms with Gasteiger partial charge >= 0.3 is 0 Å². The van der Waals surface area contributed by atoms with Crippen molar-refractivity contribution in [2.75, 3.05) is 0 Å². The van der Waals surface area contributed by atoms with Crippen molar-refractivity contribution in [3.05, 3.63) is 101 Å². The van der Waals surface area contributed by atoms with Crippen LogP contribution >= 0.6 is 0 Å². The molecule has 0 bridgehead atoms. The van der Waals surface area contributed by atoms with Crippen LogP contribution in [0, 0.1) is 0 Å². The predicted octanol–water partition coefficient (Wildman–Crippen LogP) is 4.87. The molecule has 24 heavy (non-hydrogen) atoms. The van der Waals surface area contributed by atoms with Crippen LogP contribution in [0.25, 0.3) is 27.9 Å². The van der Waals surface area contributed by atoms with E-state index in [9.17, 15) is 4.79 Å². The third-order valence-electron chi connectivity index (χ3n) is 4.28. The number of pyridine rings is 1. The van der Waals surface area contributed by atoms with Crippen molar-refractivity contribution in [3.8, 4) is 0 Å². The molecular weight excluding hydrogens is 294 g/mol. The Labute approximate surface area is 140 Å². The first-order chi connectivity index (χ1) is 11.8. The minimum absolute atomic E-state index is 0.101. The summed E-state index contributed by atoms with van der Waals surface area (Å²) in [5, 5.41) is 1.54. The molecule has 2 heteroatoms. The summed E-state index contributed by atoms with van der Waals surface area (Å²) in [4.78, 5) is 12.7. The summed E-state index contributed by atoms with van der Waals surface area (Å²) in [6.45, 7) is 0.718. The first-order valence-corrected chi connectivity index (χ1v) is 8.06. The summed E-state index contributed by atoms with van der Waals surface area (Å²) in [6, 6.07) is 25.9. The summed E-state index contributed by atoms with van der Waals surface area (Å²) < 4.78 is 2.20. The SMILES string of the molecule is O=c1c2ccccc2n(CC=Cc2ccccc2)c2ccccc12. The summed E-state index contributed by atoms with van der Waals surface area (Å²) in [5.41, 5.74) is 3.22. The Morgan fingerprint density at radius 1 is 0.708 bits per heavy atom. The second-order valence-electron chi connectivity index (χ2n) is 5.79. The van der Waals surface area contributed by atoms with E-state index in [-0.39, 0.29) is 5.43 Å². The topological polar surface area (TPSA) is 22.0 Å². The Kier molecular flexibility index (Phi) is 3.72. The monoisotopic (exact) mass is 311 g/mol. The molecule has 0 fully saturated rings. The Bertz CT molecular complexity index is 1030. The van der Waals surface area contributed by atoms with Crippen LogP contribution in [-0.2, 0) is 6.54 Å². The highest BCUT2D eigenvalue weighted by molar-refractivity contribution is 5.93. The normalized spacial score (nSPS) is 11.5. The van der Waals surface area contributed by atoms with Crippen LogP contribution in [0.3, 0.4) is 0 Å². The van der Waals surface area contributed by atoms with Gasteiger partial charge in [0.2, 0.25) is 0 Å². The van der Waals surface area contributed by atoms with Gasteiger partial charge in [0, 0.05) is 17.3 Å². The number of aromatic nitrogens is 1. The maximum atomic E-state index is 12.7. The molecule has 0 saturated heterocycles. The minimum Gasteiger partial charge on any atom is -0.336 e. The van der Waals surface area contributed by atoms with Crippen LogP contribution in [0.4, 0.5) is 0 Å².